The second-order valence-corrected chi connectivity index (χ2v) is 5.59. The van der Waals surface area contributed by atoms with Crippen LogP contribution in [-0.2, 0) is 6.54 Å². The molecule has 0 aliphatic heterocycles. The summed E-state index contributed by atoms with van der Waals surface area (Å²) in [4.78, 5) is 0. The van der Waals surface area contributed by atoms with Gasteiger partial charge in [0.15, 0.2) is 5.76 Å². The first kappa shape index (κ1) is 17.0. The molecule has 3 rings (SSSR count). The molecule has 128 valence electrons. The number of hydrogen-bond acceptors (Lipinski definition) is 6. The fraction of sp³-hybridized carbons (Fsp3) is 0.0500. The van der Waals surface area contributed by atoms with Crippen LogP contribution in [-0.4, -0.2) is 11.4 Å². The lowest BCUT2D eigenvalue weighted by molar-refractivity contribution is 0.412. The number of aromatic nitrogens is 1. The predicted molar refractivity (Wildman–Crippen MR) is 103 cm³/mol. The lowest BCUT2D eigenvalue weighted by atomic mass is 9.99. The molecule has 0 spiro atoms. The molecule has 1 aromatic heterocycles. The SMILES string of the molecule is C=Cc1onc(C=N)c1-c1cc(C#N)c(N)c(NCc2ccccc2)c1. The van der Waals surface area contributed by atoms with E-state index in [1.54, 1.807) is 6.07 Å². The maximum atomic E-state index is 9.44. The third-order valence-corrected chi connectivity index (χ3v) is 3.98. The highest BCUT2D eigenvalue weighted by molar-refractivity contribution is 5.92. The summed E-state index contributed by atoms with van der Waals surface area (Å²) in [6, 6.07) is 15.5. The first-order valence-corrected chi connectivity index (χ1v) is 7.92. The Morgan fingerprint density at radius 1 is 1.31 bits per heavy atom. The average molecular weight is 343 g/mol. The van der Waals surface area contributed by atoms with E-state index < -0.39 is 0 Å². The summed E-state index contributed by atoms with van der Waals surface area (Å²) >= 11 is 0. The highest BCUT2D eigenvalue weighted by atomic mass is 16.5. The van der Waals surface area contributed by atoms with Crippen molar-refractivity contribution < 1.29 is 4.52 Å². The van der Waals surface area contributed by atoms with Gasteiger partial charge in [0.1, 0.15) is 11.8 Å². The quantitative estimate of drug-likeness (QED) is 0.462. The molecule has 0 unspecified atom stereocenters. The summed E-state index contributed by atoms with van der Waals surface area (Å²) in [5.41, 5.74) is 10.2. The van der Waals surface area contributed by atoms with Crippen LogP contribution < -0.4 is 11.1 Å². The molecule has 0 saturated heterocycles. The van der Waals surface area contributed by atoms with Crippen LogP contribution in [0.5, 0.6) is 0 Å². The third kappa shape index (κ3) is 3.19. The van der Waals surface area contributed by atoms with Crippen molar-refractivity contribution >= 4 is 23.7 Å². The highest BCUT2D eigenvalue weighted by Crippen LogP contribution is 2.34. The zero-order valence-corrected chi connectivity index (χ0v) is 14.0. The summed E-state index contributed by atoms with van der Waals surface area (Å²) < 4.78 is 5.21. The molecule has 0 aliphatic rings. The molecule has 6 nitrogen and oxygen atoms in total. The molecule has 3 aromatic rings. The van der Waals surface area contributed by atoms with E-state index in [4.69, 9.17) is 15.7 Å². The molecule has 4 N–H and O–H groups in total. The van der Waals surface area contributed by atoms with Gasteiger partial charge in [0, 0.05) is 12.8 Å². The molecule has 2 aromatic carbocycles. The molecular formula is C20H17N5O. The van der Waals surface area contributed by atoms with Gasteiger partial charge >= 0.3 is 0 Å². The Balaban J connectivity index is 2.05. The second kappa shape index (κ2) is 7.36. The summed E-state index contributed by atoms with van der Waals surface area (Å²) in [6.45, 7) is 4.27. The van der Waals surface area contributed by atoms with E-state index in [0.717, 1.165) is 11.8 Å². The van der Waals surface area contributed by atoms with Gasteiger partial charge in [-0.15, -0.1) is 0 Å². The van der Waals surface area contributed by atoms with E-state index in [9.17, 15) is 5.26 Å². The molecule has 0 radical (unpaired) electrons. The Morgan fingerprint density at radius 2 is 2.08 bits per heavy atom. The Labute approximate surface area is 151 Å². The monoisotopic (exact) mass is 343 g/mol. The number of hydrogen-bond donors (Lipinski definition) is 3. The van der Waals surface area contributed by atoms with Crippen molar-refractivity contribution in [3.05, 3.63) is 71.6 Å². The largest absolute Gasteiger partial charge is 0.396 e. The number of nitrogen functional groups attached to an aromatic ring is 1. The fourth-order valence-electron chi connectivity index (χ4n) is 2.67. The minimum atomic E-state index is 0.338. The maximum absolute atomic E-state index is 9.44. The van der Waals surface area contributed by atoms with Gasteiger partial charge in [0.05, 0.1) is 22.5 Å². The van der Waals surface area contributed by atoms with Gasteiger partial charge in [0.2, 0.25) is 0 Å². The molecule has 6 heteroatoms. The molecule has 0 bridgehead atoms. The Kier molecular flexibility index (Phi) is 4.81. The minimum Gasteiger partial charge on any atom is -0.396 e. The molecule has 0 atom stereocenters. The normalized spacial score (nSPS) is 10.1. The number of anilines is 2. The van der Waals surface area contributed by atoms with Crippen molar-refractivity contribution in [3.8, 4) is 17.2 Å². The van der Waals surface area contributed by atoms with Crippen molar-refractivity contribution in [1.82, 2.24) is 5.16 Å². The van der Waals surface area contributed by atoms with Crippen molar-refractivity contribution in [2.24, 2.45) is 0 Å². The first-order valence-electron chi connectivity index (χ1n) is 7.92. The van der Waals surface area contributed by atoms with E-state index in [-0.39, 0.29) is 0 Å². The number of nitrogens with one attached hydrogen (secondary N) is 2. The smallest absolute Gasteiger partial charge is 0.167 e. The van der Waals surface area contributed by atoms with E-state index in [1.807, 2.05) is 36.4 Å². The number of benzene rings is 2. The number of nitrogens with two attached hydrogens (primary N) is 1. The van der Waals surface area contributed by atoms with E-state index in [0.29, 0.717) is 46.1 Å². The first-order chi connectivity index (χ1) is 12.7. The Morgan fingerprint density at radius 3 is 2.73 bits per heavy atom. The van der Waals surface area contributed by atoms with Crippen LogP contribution in [0.25, 0.3) is 17.2 Å². The highest BCUT2D eigenvalue weighted by Gasteiger charge is 2.17. The lowest BCUT2D eigenvalue weighted by Crippen LogP contribution is -2.04. The summed E-state index contributed by atoms with van der Waals surface area (Å²) in [5.74, 6) is 0.436. The summed E-state index contributed by atoms with van der Waals surface area (Å²) in [7, 11) is 0. The minimum absolute atomic E-state index is 0.338. The van der Waals surface area contributed by atoms with E-state index in [2.05, 4.69) is 23.1 Å². The maximum Gasteiger partial charge on any atom is 0.167 e. The van der Waals surface area contributed by atoms with Gasteiger partial charge in [-0.2, -0.15) is 5.26 Å². The van der Waals surface area contributed by atoms with Crippen molar-refractivity contribution in [2.75, 3.05) is 11.1 Å². The third-order valence-electron chi connectivity index (χ3n) is 3.98. The van der Waals surface area contributed by atoms with Crippen LogP contribution in [0.4, 0.5) is 11.4 Å². The van der Waals surface area contributed by atoms with Crippen molar-refractivity contribution in [3.63, 3.8) is 0 Å². The molecule has 1 heterocycles. The zero-order chi connectivity index (χ0) is 18.5. The number of nitrogens with zero attached hydrogens (tertiary/aromatic N) is 2. The van der Waals surface area contributed by atoms with Crippen LogP contribution in [0.3, 0.4) is 0 Å². The Hall–Kier alpha value is -3.85. The van der Waals surface area contributed by atoms with Gasteiger partial charge in [-0.1, -0.05) is 42.1 Å². The Bertz CT molecular complexity index is 974. The van der Waals surface area contributed by atoms with E-state index in [1.165, 1.54) is 6.08 Å². The molecule has 0 amide bonds. The van der Waals surface area contributed by atoms with Gasteiger partial charge < -0.3 is 21.0 Å². The summed E-state index contributed by atoms with van der Waals surface area (Å²) in [6.07, 6.45) is 2.63. The number of rotatable bonds is 6. The topological polar surface area (TPSA) is 112 Å². The standard InChI is InChI=1S/C20H17N5O/c1-2-18-19(17(11-22)25-26-18)14-8-15(10-21)20(23)16(9-14)24-12-13-6-4-3-5-7-13/h2-9,11,22,24H,1,12,23H2. The number of nitriles is 1. The molecule has 0 fully saturated rings. The van der Waals surface area contributed by atoms with Gasteiger partial charge in [-0.3, -0.25) is 0 Å². The molecule has 0 aliphatic carbocycles. The fourth-order valence-corrected chi connectivity index (χ4v) is 2.67. The van der Waals surface area contributed by atoms with Gasteiger partial charge in [-0.25, -0.2) is 0 Å². The van der Waals surface area contributed by atoms with Crippen LogP contribution in [0.15, 0.2) is 53.6 Å². The molecular weight excluding hydrogens is 326 g/mol. The van der Waals surface area contributed by atoms with Gasteiger partial charge in [0.25, 0.3) is 0 Å². The molecule has 26 heavy (non-hydrogen) atoms. The van der Waals surface area contributed by atoms with Gasteiger partial charge in [-0.05, 0) is 29.3 Å². The summed E-state index contributed by atoms with van der Waals surface area (Å²) in [5, 5.41) is 24.1. The second-order valence-electron chi connectivity index (χ2n) is 5.59. The van der Waals surface area contributed by atoms with Crippen molar-refractivity contribution in [1.29, 1.82) is 10.7 Å². The van der Waals surface area contributed by atoms with Crippen molar-refractivity contribution in [2.45, 2.75) is 6.54 Å². The van der Waals surface area contributed by atoms with Crippen LogP contribution in [0.2, 0.25) is 0 Å². The van der Waals surface area contributed by atoms with E-state index >= 15 is 0 Å². The van der Waals surface area contributed by atoms with Crippen LogP contribution in [0, 0.1) is 16.7 Å². The lowest BCUT2D eigenvalue weighted by Gasteiger charge is -2.13. The van der Waals surface area contributed by atoms with Crippen LogP contribution >= 0.6 is 0 Å². The predicted octanol–water partition coefficient (Wildman–Crippen LogP) is 4.05. The van der Waals surface area contributed by atoms with Crippen LogP contribution in [0.1, 0.15) is 22.6 Å². The average Bonchev–Trinajstić information content (AvgIpc) is 3.11. The zero-order valence-electron chi connectivity index (χ0n) is 14.0. The molecule has 0 saturated carbocycles.